The quantitative estimate of drug-likeness (QED) is 0.721. The van der Waals surface area contributed by atoms with Gasteiger partial charge in [0.05, 0.1) is 11.8 Å². The number of carbonyl (C=O) groups is 2. The largest absolute Gasteiger partial charge is 0.481 e. The highest BCUT2D eigenvalue weighted by molar-refractivity contribution is 8.01. The van der Waals surface area contributed by atoms with Crippen LogP contribution >= 0.6 is 11.8 Å². The van der Waals surface area contributed by atoms with Crippen LogP contribution in [0.4, 0.5) is 0 Å². The molecule has 0 aromatic heterocycles. The zero-order valence-corrected chi connectivity index (χ0v) is 12.6. The average molecular weight is 289 g/mol. The average Bonchev–Trinajstić information content (AvgIpc) is 2.35. The number of nitrogens with two attached hydrogens (primary N) is 1. The molecular formula is C12H23N3O3S. The van der Waals surface area contributed by atoms with Crippen LogP contribution in [0.15, 0.2) is 0 Å². The molecule has 1 unspecified atom stereocenters. The Morgan fingerprint density at radius 1 is 1.32 bits per heavy atom. The highest BCUT2D eigenvalue weighted by Gasteiger charge is 2.36. The molecule has 1 atom stereocenters. The maximum Gasteiger partial charge on any atom is 0.313 e. The Morgan fingerprint density at radius 3 is 2.32 bits per heavy atom. The molecule has 7 heteroatoms. The Kier molecular flexibility index (Phi) is 5.64. The van der Waals surface area contributed by atoms with E-state index in [1.54, 1.807) is 4.90 Å². The minimum atomic E-state index is -0.891. The van der Waals surface area contributed by atoms with E-state index in [0.717, 1.165) is 13.1 Å². The van der Waals surface area contributed by atoms with Crippen LogP contribution in [0.2, 0.25) is 0 Å². The van der Waals surface area contributed by atoms with E-state index in [1.807, 2.05) is 20.9 Å². The summed E-state index contributed by atoms with van der Waals surface area (Å²) in [6.07, 6.45) is 0. The number of hydrogen-bond donors (Lipinski definition) is 2. The van der Waals surface area contributed by atoms with E-state index in [-0.39, 0.29) is 11.7 Å². The van der Waals surface area contributed by atoms with Gasteiger partial charge in [-0.3, -0.25) is 9.59 Å². The topological polar surface area (TPSA) is 86.9 Å². The Hall–Kier alpha value is -0.790. The fourth-order valence-electron chi connectivity index (χ4n) is 1.86. The molecule has 0 radical (unpaired) electrons. The lowest BCUT2D eigenvalue weighted by Gasteiger charge is -2.37. The Balaban J connectivity index is 2.57. The van der Waals surface area contributed by atoms with E-state index in [9.17, 15) is 9.59 Å². The number of hydrogen-bond acceptors (Lipinski definition) is 5. The maximum absolute atomic E-state index is 12.3. The van der Waals surface area contributed by atoms with Crippen LogP contribution in [-0.2, 0) is 9.59 Å². The van der Waals surface area contributed by atoms with Gasteiger partial charge in [-0.15, -0.1) is 11.8 Å². The van der Waals surface area contributed by atoms with Gasteiger partial charge in [0.25, 0.3) is 0 Å². The van der Waals surface area contributed by atoms with Gasteiger partial charge in [-0.05, 0) is 20.9 Å². The van der Waals surface area contributed by atoms with E-state index in [0.29, 0.717) is 13.1 Å². The molecule has 1 fully saturated rings. The van der Waals surface area contributed by atoms with Gasteiger partial charge in [-0.25, -0.2) is 0 Å². The Morgan fingerprint density at radius 2 is 1.84 bits per heavy atom. The molecule has 0 aromatic carbocycles. The van der Waals surface area contributed by atoms with Gasteiger partial charge in [-0.2, -0.15) is 0 Å². The summed E-state index contributed by atoms with van der Waals surface area (Å²) in [5.74, 6) is -1.02. The third kappa shape index (κ3) is 4.67. The molecule has 1 aliphatic heterocycles. The summed E-state index contributed by atoms with van der Waals surface area (Å²) in [6, 6.07) is -0.680. The van der Waals surface area contributed by atoms with Crippen LogP contribution in [0.1, 0.15) is 13.8 Å². The van der Waals surface area contributed by atoms with E-state index < -0.39 is 16.8 Å². The lowest BCUT2D eigenvalue weighted by atomic mass is 10.0. The van der Waals surface area contributed by atoms with Gasteiger partial charge < -0.3 is 20.6 Å². The first-order valence-electron chi connectivity index (χ1n) is 6.32. The number of likely N-dealkylation sites (N-methyl/N-ethyl adjacent to an activating group) is 1. The first-order valence-corrected chi connectivity index (χ1v) is 7.31. The molecule has 0 aromatic rings. The number of carboxylic acid groups (broad SMARTS) is 1. The van der Waals surface area contributed by atoms with E-state index in [2.05, 4.69) is 4.90 Å². The first kappa shape index (κ1) is 16.3. The van der Waals surface area contributed by atoms with Crippen molar-refractivity contribution in [1.82, 2.24) is 9.80 Å². The molecule has 1 rings (SSSR count). The van der Waals surface area contributed by atoms with E-state index in [1.165, 1.54) is 11.8 Å². The van der Waals surface area contributed by atoms with Crippen LogP contribution in [-0.4, -0.2) is 76.6 Å². The molecule has 1 heterocycles. The number of aliphatic carboxylic acids is 1. The lowest BCUT2D eigenvalue weighted by Crippen LogP contribution is -2.57. The SMILES string of the molecule is CN1CCN(C(=O)C(N)C(C)(C)SCC(=O)O)CC1. The number of piperazine rings is 1. The number of thioether (sulfide) groups is 1. The number of rotatable bonds is 5. The third-order valence-electron chi connectivity index (χ3n) is 3.40. The summed E-state index contributed by atoms with van der Waals surface area (Å²) >= 11 is 1.21. The standard InChI is InChI=1S/C12H23N3O3S/c1-12(2,19-8-9(16)17)10(13)11(18)15-6-4-14(3)5-7-15/h10H,4-8,13H2,1-3H3,(H,16,17). The van der Waals surface area contributed by atoms with E-state index in [4.69, 9.17) is 10.8 Å². The van der Waals surface area contributed by atoms with Crippen molar-refractivity contribution in [3.63, 3.8) is 0 Å². The highest BCUT2D eigenvalue weighted by atomic mass is 32.2. The van der Waals surface area contributed by atoms with Crippen LogP contribution in [0, 0.1) is 0 Å². The van der Waals surface area contributed by atoms with Crippen molar-refractivity contribution < 1.29 is 14.7 Å². The van der Waals surface area contributed by atoms with E-state index >= 15 is 0 Å². The molecule has 110 valence electrons. The first-order chi connectivity index (χ1) is 8.74. The van der Waals surface area contributed by atoms with Crippen LogP contribution in [0.5, 0.6) is 0 Å². The van der Waals surface area contributed by atoms with Crippen molar-refractivity contribution >= 4 is 23.6 Å². The zero-order chi connectivity index (χ0) is 14.6. The highest BCUT2D eigenvalue weighted by Crippen LogP contribution is 2.28. The van der Waals surface area contributed by atoms with Gasteiger partial charge in [-0.1, -0.05) is 0 Å². The Bertz CT molecular complexity index is 341. The third-order valence-corrected chi connectivity index (χ3v) is 4.79. The molecular weight excluding hydrogens is 266 g/mol. The predicted molar refractivity (Wildman–Crippen MR) is 76.2 cm³/mol. The smallest absolute Gasteiger partial charge is 0.313 e. The number of nitrogens with zero attached hydrogens (tertiary/aromatic N) is 2. The minimum Gasteiger partial charge on any atom is -0.481 e. The summed E-state index contributed by atoms with van der Waals surface area (Å²) in [5.41, 5.74) is 6.03. The van der Waals surface area contributed by atoms with Crippen molar-refractivity contribution in [2.45, 2.75) is 24.6 Å². The summed E-state index contributed by atoms with van der Waals surface area (Å²) in [6.45, 7) is 6.70. The normalized spacial score (nSPS) is 19.3. The molecule has 1 amide bonds. The molecule has 6 nitrogen and oxygen atoms in total. The second-order valence-electron chi connectivity index (χ2n) is 5.39. The summed E-state index contributed by atoms with van der Waals surface area (Å²) in [7, 11) is 2.02. The van der Waals surface area contributed by atoms with Gasteiger partial charge in [0.2, 0.25) is 5.91 Å². The molecule has 3 N–H and O–H groups in total. The minimum absolute atomic E-state index is 0.0449. The number of carbonyl (C=O) groups excluding carboxylic acids is 1. The van der Waals surface area contributed by atoms with Crippen molar-refractivity contribution in [3.8, 4) is 0 Å². The van der Waals surface area contributed by atoms with Gasteiger partial charge in [0.1, 0.15) is 0 Å². The Labute approximate surface area is 118 Å². The molecule has 0 spiro atoms. The zero-order valence-electron chi connectivity index (χ0n) is 11.8. The second kappa shape index (κ2) is 6.58. The molecule has 19 heavy (non-hydrogen) atoms. The molecule has 0 bridgehead atoms. The number of amides is 1. The van der Waals surface area contributed by atoms with Crippen LogP contribution in [0.3, 0.4) is 0 Å². The van der Waals surface area contributed by atoms with Gasteiger partial charge in [0, 0.05) is 30.9 Å². The van der Waals surface area contributed by atoms with Crippen LogP contribution < -0.4 is 5.73 Å². The van der Waals surface area contributed by atoms with Crippen molar-refractivity contribution in [3.05, 3.63) is 0 Å². The van der Waals surface area contributed by atoms with Crippen LogP contribution in [0.25, 0.3) is 0 Å². The summed E-state index contributed by atoms with van der Waals surface area (Å²) < 4.78 is -0.585. The number of carboxylic acids is 1. The van der Waals surface area contributed by atoms with Crippen molar-refractivity contribution in [1.29, 1.82) is 0 Å². The fraction of sp³-hybridized carbons (Fsp3) is 0.833. The lowest BCUT2D eigenvalue weighted by molar-refractivity contribution is -0.135. The van der Waals surface area contributed by atoms with Crippen molar-refractivity contribution in [2.24, 2.45) is 5.73 Å². The fourth-order valence-corrected chi connectivity index (χ4v) is 2.63. The second-order valence-corrected chi connectivity index (χ2v) is 7.02. The molecule has 1 aliphatic rings. The monoisotopic (exact) mass is 289 g/mol. The van der Waals surface area contributed by atoms with Gasteiger partial charge >= 0.3 is 5.97 Å². The molecule has 0 saturated carbocycles. The predicted octanol–water partition coefficient (Wildman–Crippen LogP) is -0.316. The summed E-state index contributed by atoms with van der Waals surface area (Å²) in [4.78, 5) is 26.9. The maximum atomic E-state index is 12.3. The summed E-state index contributed by atoms with van der Waals surface area (Å²) in [5, 5.41) is 8.71. The molecule has 1 saturated heterocycles. The molecule has 0 aliphatic carbocycles. The van der Waals surface area contributed by atoms with Gasteiger partial charge in [0.15, 0.2) is 0 Å². The van der Waals surface area contributed by atoms with Crippen molar-refractivity contribution in [2.75, 3.05) is 39.0 Å².